The Morgan fingerprint density at radius 2 is 1.81 bits per heavy atom. The highest BCUT2D eigenvalue weighted by Gasteiger charge is 2.22. The van der Waals surface area contributed by atoms with Gasteiger partial charge in [0.15, 0.2) is 0 Å². The van der Waals surface area contributed by atoms with E-state index in [0.717, 1.165) is 42.5 Å². The molecule has 3 nitrogen and oxygen atoms in total. The predicted octanol–water partition coefficient (Wildman–Crippen LogP) is 5.10. The van der Waals surface area contributed by atoms with Gasteiger partial charge in [0.05, 0.1) is 5.69 Å². The fourth-order valence-electron chi connectivity index (χ4n) is 3.80. The van der Waals surface area contributed by atoms with Crippen molar-refractivity contribution >= 4 is 11.6 Å². The van der Waals surface area contributed by atoms with Crippen LogP contribution in [0.15, 0.2) is 66.9 Å². The molecule has 4 heteroatoms. The third-order valence-electron chi connectivity index (χ3n) is 5.16. The molecule has 0 bridgehead atoms. The van der Waals surface area contributed by atoms with Crippen molar-refractivity contribution in [3.05, 3.63) is 94.5 Å². The summed E-state index contributed by atoms with van der Waals surface area (Å²) < 4.78 is 0. The molecule has 3 heterocycles. The highest BCUT2D eigenvalue weighted by atomic mass is 35.5. The normalized spacial score (nSPS) is 17.7. The van der Waals surface area contributed by atoms with Crippen LogP contribution in [0.3, 0.4) is 0 Å². The number of hydrogen-bond donors (Lipinski definition) is 0. The Morgan fingerprint density at radius 1 is 0.963 bits per heavy atom. The summed E-state index contributed by atoms with van der Waals surface area (Å²) in [5, 5.41) is 0.774. The monoisotopic (exact) mass is 377 g/mol. The van der Waals surface area contributed by atoms with Crippen molar-refractivity contribution in [2.75, 3.05) is 13.1 Å². The number of benzene rings is 1. The first-order valence-corrected chi connectivity index (χ1v) is 9.96. The summed E-state index contributed by atoms with van der Waals surface area (Å²) in [5.41, 5.74) is 4.72. The van der Waals surface area contributed by atoms with Crippen LogP contribution < -0.4 is 0 Å². The van der Waals surface area contributed by atoms with Crippen molar-refractivity contribution < 1.29 is 0 Å². The third kappa shape index (κ3) is 4.94. The van der Waals surface area contributed by atoms with Crippen LogP contribution in [0.25, 0.3) is 0 Å². The Morgan fingerprint density at radius 3 is 2.63 bits per heavy atom. The minimum Gasteiger partial charge on any atom is -0.297 e. The molecule has 0 unspecified atom stereocenters. The number of hydrogen-bond acceptors (Lipinski definition) is 3. The van der Waals surface area contributed by atoms with Gasteiger partial charge >= 0.3 is 0 Å². The lowest BCUT2D eigenvalue weighted by Crippen LogP contribution is -2.34. The lowest BCUT2D eigenvalue weighted by molar-refractivity contribution is 0.196. The number of likely N-dealkylation sites (tertiary alicyclic amines) is 1. The van der Waals surface area contributed by atoms with Gasteiger partial charge in [-0.2, -0.15) is 0 Å². The van der Waals surface area contributed by atoms with Crippen LogP contribution in [0, 0.1) is 0 Å². The SMILES string of the molecule is Clc1ccc(Cc2cccc([C@@H]3CCCN(Cc4ccccn4)C3)n2)cc1. The van der Waals surface area contributed by atoms with Gasteiger partial charge in [-0.15, -0.1) is 0 Å². The molecule has 0 aliphatic carbocycles. The van der Waals surface area contributed by atoms with E-state index in [1.165, 1.54) is 24.1 Å². The zero-order chi connectivity index (χ0) is 18.5. The van der Waals surface area contributed by atoms with Crippen LogP contribution in [-0.2, 0) is 13.0 Å². The molecule has 2 aromatic heterocycles. The summed E-state index contributed by atoms with van der Waals surface area (Å²) in [6.45, 7) is 3.10. The number of nitrogens with zero attached hydrogens (tertiary/aromatic N) is 3. The second kappa shape index (κ2) is 8.64. The molecule has 0 spiro atoms. The topological polar surface area (TPSA) is 29.0 Å². The molecule has 0 radical (unpaired) electrons. The zero-order valence-corrected chi connectivity index (χ0v) is 16.1. The van der Waals surface area contributed by atoms with E-state index in [9.17, 15) is 0 Å². The summed E-state index contributed by atoms with van der Waals surface area (Å²) in [5.74, 6) is 0.493. The van der Waals surface area contributed by atoms with Gasteiger partial charge in [-0.3, -0.25) is 14.9 Å². The molecule has 1 aliphatic rings. The van der Waals surface area contributed by atoms with Crippen LogP contribution in [0.5, 0.6) is 0 Å². The van der Waals surface area contributed by atoms with E-state index in [-0.39, 0.29) is 0 Å². The number of halogens is 1. The standard InChI is InChI=1S/C23H24ClN3/c24-20-11-9-18(10-12-20)15-21-7-3-8-23(26-21)19-5-4-14-27(16-19)17-22-6-1-2-13-25-22/h1-3,6-13,19H,4-5,14-17H2/t19-/m1/s1. The molecule has 0 saturated carbocycles. The second-order valence-corrected chi connectivity index (χ2v) is 7.69. The van der Waals surface area contributed by atoms with Gasteiger partial charge in [0.2, 0.25) is 0 Å². The van der Waals surface area contributed by atoms with E-state index >= 15 is 0 Å². The summed E-state index contributed by atoms with van der Waals surface area (Å²) >= 11 is 5.99. The summed E-state index contributed by atoms with van der Waals surface area (Å²) in [6, 6.07) is 20.6. The number of aromatic nitrogens is 2. The maximum Gasteiger partial charge on any atom is 0.0543 e. The van der Waals surface area contributed by atoms with Gasteiger partial charge in [-0.05, 0) is 61.3 Å². The molecule has 4 rings (SSSR count). The number of rotatable bonds is 5. The van der Waals surface area contributed by atoms with Gasteiger partial charge in [0.25, 0.3) is 0 Å². The lowest BCUT2D eigenvalue weighted by atomic mass is 9.93. The largest absolute Gasteiger partial charge is 0.297 e. The first-order valence-electron chi connectivity index (χ1n) is 9.59. The van der Waals surface area contributed by atoms with Gasteiger partial charge < -0.3 is 0 Å². The Balaban J connectivity index is 1.43. The van der Waals surface area contributed by atoms with E-state index in [1.807, 2.05) is 24.4 Å². The Kier molecular flexibility index (Phi) is 5.81. The Hall–Kier alpha value is -2.23. The minimum atomic E-state index is 0.493. The van der Waals surface area contributed by atoms with Crippen LogP contribution in [-0.4, -0.2) is 28.0 Å². The van der Waals surface area contributed by atoms with E-state index in [2.05, 4.69) is 52.3 Å². The minimum absolute atomic E-state index is 0.493. The molecular formula is C23H24ClN3. The van der Waals surface area contributed by atoms with Crippen molar-refractivity contribution in [2.24, 2.45) is 0 Å². The first-order chi connectivity index (χ1) is 13.3. The molecule has 1 atom stereocenters. The second-order valence-electron chi connectivity index (χ2n) is 7.25. The zero-order valence-electron chi connectivity index (χ0n) is 15.4. The highest BCUT2D eigenvalue weighted by molar-refractivity contribution is 6.30. The van der Waals surface area contributed by atoms with Crippen LogP contribution in [0.1, 0.15) is 41.4 Å². The van der Waals surface area contributed by atoms with Crippen LogP contribution in [0.2, 0.25) is 5.02 Å². The first kappa shape index (κ1) is 18.1. The molecule has 1 saturated heterocycles. The molecule has 1 fully saturated rings. The molecule has 3 aromatic rings. The van der Waals surface area contributed by atoms with Gasteiger partial charge in [0.1, 0.15) is 0 Å². The lowest BCUT2D eigenvalue weighted by Gasteiger charge is -2.32. The van der Waals surface area contributed by atoms with E-state index in [0.29, 0.717) is 5.92 Å². The van der Waals surface area contributed by atoms with Crippen molar-refractivity contribution in [3.63, 3.8) is 0 Å². The summed E-state index contributed by atoms with van der Waals surface area (Å²) in [6.07, 6.45) is 5.13. The Bertz CT molecular complexity index is 864. The molecule has 138 valence electrons. The van der Waals surface area contributed by atoms with Gasteiger partial charge in [0, 0.05) is 48.0 Å². The summed E-state index contributed by atoms with van der Waals surface area (Å²) in [4.78, 5) is 12.0. The molecular weight excluding hydrogens is 354 g/mol. The van der Waals surface area contributed by atoms with Crippen molar-refractivity contribution in [1.82, 2.24) is 14.9 Å². The maximum atomic E-state index is 5.99. The predicted molar refractivity (Wildman–Crippen MR) is 110 cm³/mol. The summed E-state index contributed by atoms with van der Waals surface area (Å²) in [7, 11) is 0. The fourth-order valence-corrected chi connectivity index (χ4v) is 3.92. The smallest absolute Gasteiger partial charge is 0.0543 e. The molecule has 0 N–H and O–H groups in total. The highest BCUT2D eigenvalue weighted by Crippen LogP contribution is 2.27. The van der Waals surface area contributed by atoms with Crippen LogP contribution in [0.4, 0.5) is 0 Å². The molecule has 27 heavy (non-hydrogen) atoms. The van der Waals surface area contributed by atoms with E-state index < -0.39 is 0 Å². The quantitative estimate of drug-likeness (QED) is 0.619. The van der Waals surface area contributed by atoms with E-state index in [4.69, 9.17) is 16.6 Å². The van der Waals surface area contributed by atoms with E-state index in [1.54, 1.807) is 0 Å². The average molecular weight is 378 g/mol. The maximum absolute atomic E-state index is 5.99. The Labute approximate surface area is 166 Å². The van der Waals surface area contributed by atoms with Gasteiger partial charge in [-0.1, -0.05) is 35.9 Å². The fraction of sp³-hybridized carbons (Fsp3) is 0.304. The molecule has 0 amide bonds. The number of pyridine rings is 2. The van der Waals surface area contributed by atoms with Gasteiger partial charge in [-0.25, -0.2) is 0 Å². The molecule has 1 aliphatic heterocycles. The van der Waals surface area contributed by atoms with Crippen molar-refractivity contribution in [2.45, 2.75) is 31.7 Å². The average Bonchev–Trinajstić information content (AvgIpc) is 2.71. The number of piperidine rings is 1. The van der Waals surface area contributed by atoms with Crippen molar-refractivity contribution in [1.29, 1.82) is 0 Å². The molecule has 1 aromatic carbocycles. The van der Waals surface area contributed by atoms with Crippen molar-refractivity contribution in [3.8, 4) is 0 Å². The third-order valence-corrected chi connectivity index (χ3v) is 5.41. The van der Waals surface area contributed by atoms with Crippen LogP contribution >= 0.6 is 11.6 Å².